The van der Waals surface area contributed by atoms with E-state index < -0.39 is 0 Å². The van der Waals surface area contributed by atoms with Crippen LogP contribution in [0.3, 0.4) is 0 Å². The van der Waals surface area contributed by atoms with Gasteiger partial charge in [-0.3, -0.25) is 0 Å². The van der Waals surface area contributed by atoms with Gasteiger partial charge in [-0.15, -0.1) is 0 Å². The molecule has 0 saturated heterocycles. The summed E-state index contributed by atoms with van der Waals surface area (Å²) in [6, 6.07) is 4.06. The summed E-state index contributed by atoms with van der Waals surface area (Å²) in [5.41, 5.74) is 1.61. The molecule has 0 unspecified atom stereocenters. The van der Waals surface area contributed by atoms with E-state index in [1.165, 1.54) is 0 Å². The first-order valence-electron chi connectivity index (χ1n) is 5.34. The average Bonchev–Trinajstić information content (AvgIpc) is 2.30. The molecule has 4 heteroatoms. The Hall–Kier alpha value is -1.60. The van der Waals surface area contributed by atoms with Gasteiger partial charge in [0.1, 0.15) is 11.9 Å². The number of rotatable bonds is 5. The van der Waals surface area contributed by atoms with Gasteiger partial charge in [-0.25, -0.2) is 4.98 Å². The van der Waals surface area contributed by atoms with Crippen LogP contribution in [-0.2, 0) is 4.74 Å². The van der Waals surface area contributed by atoms with E-state index in [2.05, 4.69) is 16.0 Å². The van der Waals surface area contributed by atoms with Crippen molar-refractivity contribution in [2.45, 2.75) is 13.8 Å². The summed E-state index contributed by atoms with van der Waals surface area (Å²) in [7, 11) is 1.67. The Labute approximate surface area is 96.5 Å². The second kappa shape index (κ2) is 6.09. The summed E-state index contributed by atoms with van der Waals surface area (Å²) in [5, 5.41) is 9.12. The van der Waals surface area contributed by atoms with E-state index in [4.69, 9.17) is 10.00 Å². The minimum Gasteiger partial charge on any atom is -0.383 e. The lowest BCUT2D eigenvalue weighted by Crippen LogP contribution is -2.28. The quantitative estimate of drug-likeness (QED) is 0.756. The van der Waals surface area contributed by atoms with Gasteiger partial charge in [-0.1, -0.05) is 0 Å². The first-order valence-corrected chi connectivity index (χ1v) is 5.34. The van der Waals surface area contributed by atoms with E-state index in [0.29, 0.717) is 12.2 Å². The molecule has 86 valence electrons. The van der Waals surface area contributed by atoms with Gasteiger partial charge in [0, 0.05) is 26.4 Å². The fourth-order valence-corrected chi connectivity index (χ4v) is 1.54. The molecule has 0 aliphatic rings. The fourth-order valence-electron chi connectivity index (χ4n) is 1.54. The molecule has 4 nitrogen and oxygen atoms in total. The Morgan fingerprint density at radius 3 is 2.88 bits per heavy atom. The standard InChI is InChI=1S/C12H17N3O/c1-4-15(7-8-16-3)12-11(9-13)10(2)5-6-14-12/h5-6H,4,7-8H2,1-3H3. The minimum atomic E-state index is 0.633. The van der Waals surface area contributed by atoms with Gasteiger partial charge in [-0.2, -0.15) is 5.26 Å². The zero-order chi connectivity index (χ0) is 12.0. The van der Waals surface area contributed by atoms with Gasteiger partial charge in [0.2, 0.25) is 0 Å². The van der Waals surface area contributed by atoms with Gasteiger partial charge in [0.05, 0.1) is 12.2 Å². The third-order valence-electron chi connectivity index (χ3n) is 2.50. The SMILES string of the molecule is CCN(CCOC)c1nccc(C)c1C#N. The van der Waals surface area contributed by atoms with Crippen molar-refractivity contribution >= 4 is 5.82 Å². The summed E-state index contributed by atoms with van der Waals surface area (Å²) in [5.74, 6) is 0.752. The number of hydrogen-bond donors (Lipinski definition) is 0. The van der Waals surface area contributed by atoms with Gasteiger partial charge in [0.25, 0.3) is 0 Å². The highest BCUT2D eigenvalue weighted by atomic mass is 16.5. The molecule has 0 aromatic carbocycles. The number of ether oxygens (including phenoxy) is 1. The summed E-state index contributed by atoms with van der Waals surface area (Å²) < 4.78 is 5.05. The van der Waals surface area contributed by atoms with Gasteiger partial charge >= 0.3 is 0 Å². The van der Waals surface area contributed by atoms with E-state index in [9.17, 15) is 0 Å². The van der Waals surface area contributed by atoms with Crippen molar-refractivity contribution in [2.24, 2.45) is 0 Å². The van der Waals surface area contributed by atoms with Crippen LogP contribution < -0.4 is 4.90 Å². The highest BCUT2D eigenvalue weighted by Gasteiger charge is 2.12. The van der Waals surface area contributed by atoms with E-state index in [0.717, 1.165) is 24.5 Å². The molecule has 1 aromatic heterocycles. The molecule has 1 heterocycles. The molecule has 0 atom stereocenters. The smallest absolute Gasteiger partial charge is 0.146 e. The second-order valence-electron chi connectivity index (χ2n) is 3.51. The highest BCUT2D eigenvalue weighted by Crippen LogP contribution is 2.19. The number of aryl methyl sites for hydroxylation is 1. The summed E-state index contributed by atoms with van der Waals surface area (Å²) in [6.45, 7) is 6.16. The second-order valence-corrected chi connectivity index (χ2v) is 3.51. The monoisotopic (exact) mass is 219 g/mol. The first kappa shape index (κ1) is 12.5. The number of likely N-dealkylation sites (N-methyl/N-ethyl adjacent to an activating group) is 1. The number of methoxy groups -OCH3 is 1. The van der Waals surface area contributed by atoms with Gasteiger partial charge in [-0.05, 0) is 25.5 Å². The molecule has 0 fully saturated rings. The Balaban J connectivity index is 3.00. The summed E-state index contributed by atoms with van der Waals surface area (Å²) >= 11 is 0. The number of aromatic nitrogens is 1. The van der Waals surface area contributed by atoms with Crippen LogP contribution in [0, 0.1) is 18.3 Å². The van der Waals surface area contributed by atoms with E-state index in [1.807, 2.05) is 19.9 Å². The molecule has 0 saturated carbocycles. The van der Waals surface area contributed by atoms with Crippen LogP contribution in [0.25, 0.3) is 0 Å². The maximum absolute atomic E-state index is 9.12. The molecule has 0 bridgehead atoms. The molecule has 16 heavy (non-hydrogen) atoms. The van der Waals surface area contributed by atoms with Crippen LogP contribution >= 0.6 is 0 Å². The predicted molar refractivity (Wildman–Crippen MR) is 63.5 cm³/mol. The molecular formula is C12H17N3O. The van der Waals surface area contributed by atoms with Crippen LogP contribution in [0.5, 0.6) is 0 Å². The predicted octanol–water partition coefficient (Wildman–Crippen LogP) is 1.73. The van der Waals surface area contributed by atoms with Crippen molar-refractivity contribution in [1.29, 1.82) is 5.26 Å². The molecule has 0 spiro atoms. The van der Waals surface area contributed by atoms with E-state index >= 15 is 0 Å². The van der Waals surface area contributed by atoms with Crippen LogP contribution in [0.1, 0.15) is 18.1 Å². The first-order chi connectivity index (χ1) is 7.74. The van der Waals surface area contributed by atoms with Crippen LogP contribution in [0.2, 0.25) is 0 Å². The van der Waals surface area contributed by atoms with Gasteiger partial charge in [0.15, 0.2) is 0 Å². The maximum Gasteiger partial charge on any atom is 0.146 e. The topological polar surface area (TPSA) is 49.1 Å². The molecular weight excluding hydrogens is 202 g/mol. The molecule has 1 rings (SSSR count). The van der Waals surface area contributed by atoms with Crippen molar-refractivity contribution in [2.75, 3.05) is 31.7 Å². The zero-order valence-corrected chi connectivity index (χ0v) is 10.0. The highest BCUT2D eigenvalue weighted by molar-refractivity contribution is 5.57. The van der Waals surface area contributed by atoms with Crippen LogP contribution in [0.4, 0.5) is 5.82 Å². The number of hydrogen-bond acceptors (Lipinski definition) is 4. The molecule has 0 N–H and O–H groups in total. The number of anilines is 1. The lowest BCUT2D eigenvalue weighted by Gasteiger charge is -2.22. The molecule has 0 amide bonds. The summed E-state index contributed by atoms with van der Waals surface area (Å²) in [4.78, 5) is 6.33. The molecule has 0 radical (unpaired) electrons. The third-order valence-corrected chi connectivity index (χ3v) is 2.50. The van der Waals surface area contributed by atoms with E-state index in [-0.39, 0.29) is 0 Å². The van der Waals surface area contributed by atoms with Crippen LogP contribution in [-0.4, -0.2) is 31.8 Å². The molecule has 1 aromatic rings. The third kappa shape index (κ3) is 2.71. The Morgan fingerprint density at radius 1 is 1.56 bits per heavy atom. The molecule has 0 aliphatic heterocycles. The van der Waals surface area contributed by atoms with Crippen molar-refractivity contribution in [3.8, 4) is 6.07 Å². The largest absolute Gasteiger partial charge is 0.383 e. The number of pyridine rings is 1. The maximum atomic E-state index is 9.12. The number of nitrogens with zero attached hydrogens (tertiary/aromatic N) is 3. The Bertz CT molecular complexity index is 384. The lowest BCUT2D eigenvalue weighted by atomic mass is 10.1. The van der Waals surface area contributed by atoms with Crippen molar-refractivity contribution in [3.63, 3.8) is 0 Å². The van der Waals surface area contributed by atoms with Crippen molar-refractivity contribution in [1.82, 2.24) is 4.98 Å². The summed E-state index contributed by atoms with van der Waals surface area (Å²) in [6.07, 6.45) is 1.74. The van der Waals surface area contributed by atoms with Crippen molar-refractivity contribution in [3.05, 3.63) is 23.4 Å². The Kier molecular flexibility index (Phi) is 4.74. The fraction of sp³-hybridized carbons (Fsp3) is 0.500. The van der Waals surface area contributed by atoms with Gasteiger partial charge < -0.3 is 9.64 Å². The minimum absolute atomic E-state index is 0.633. The Morgan fingerprint density at radius 2 is 2.31 bits per heavy atom. The lowest BCUT2D eigenvalue weighted by molar-refractivity contribution is 0.205. The zero-order valence-electron chi connectivity index (χ0n) is 10.0. The van der Waals surface area contributed by atoms with E-state index in [1.54, 1.807) is 13.3 Å². The normalized spacial score (nSPS) is 9.88. The van der Waals surface area contributed by atoms with Crippen LogP contribution in [0.15, 0.2) is 12.3 Å². The van der Waals surface area contributed by atoms with Crippen molar-refractivity contribution < 1.29 is 4.74 Å². The molecule has 0 aliphatic carbocycles. The average molecular weight is 219 g/mol. The number of nitriles is 1.